The third-order valence-corrected chi connectivity index (χ3v) is 4.35. The van der Waals surface area contributed by atoms with Gasteiger partial charge in [-0.3, -0.25) is 9.69 Å². The predicted molar refractivity (Wildman–Crippen MR) is 86.6 cm³/mol. The van der Waals surface area contributed by atoms with Crippen LogP contribution in [-0.2, 0) is 0 Å². The van der Waals surface area contributed by atoms with E-state index in [4.69, 9.17) is 16.0 Å². The minimum absolute atomic E-state index is 0.0142. The van der Waals surface area contributed by atoms with Crippen LogP contribution in [0.3, 0.4) is 0 Å². The smallest absolute Gasteiger partial charge is 0.251 e. The van der Waals surface area contributed by atoms with Crippen molar-refractivity contribution in [3.8, 4) is 0 Å². The number of hydrogen-bond donors (Lipinski definition) is 1. The molecule has 1 N–H and O–H groups in total. The van der Waals surface area contributed by atoms with Crippen molar-refractivity contribution in [1.82, 2.24) is 10.2 Å². The Kier molecular flexibility index (Phi) is 5.45. The van der Waals surface area contributed by atoms with Crippen LogP contribution < -0.4 is 5.32 Å². The van der Waals surface area contributed by atoms with Crippen molar-refractivity contribution < 1.29 is 9.21 Å². The van der Waals surface area contributed by atoms with Gasteiger partial charge in [-0.2, -0.15) is 0 Å². The van der Waals surface area contributed by atoms with Crippen LogP contribution in [0.1, 0.15) is 22.2 Å². The first-order chi connectivity index (χ1) is 9.99. The number of nitrogens with one attached hydrogen (secondary N) is 1. The largest absolute Gasteiger partial charge is 0.468 e. The molecular formula is C15H16BrClN2O2. The lowest BCUT2D eigenvalue weighted by atomic mass is 10.2. The van der Waals surface area contributed by atoms with Crippen LogP contribution >= 0.6 is 27.5 Å². The Morgan fingerprint density at radius 2 is 2.19 bits per heavy atom. The first-order valence-corrected chi connectivity index (χ1v) is 7.59. The van der Waals surface area contributed by atoms with E-state index in [9.17, 15) is 4.79 Å². The maximum Gasteiger partial charge on any atom is 0.251 e. The van der Waals surface area contributed by atoms with E-state index in [1.165, 1.54) is 0 Å². The van der Waals surface area contributed by atoms with Gasteiger partial charge in [-0.15, -0.1) is 0 Å². The topological polar surface area (TPSA) is 45.5 Å². The quantitative estimate of drug-likeness (QED) is 0.871. The lowest BCUT2D eigenvalue weighted by Gasteiger charge is -2.22. The first-order valence-electron chi connectivity index (χ1n) is 6.42. The molecule has 1 aromatic heterocycles. The standard InChI is InChI=1S/C15H16BrClN2O2/c1-19(2)13(14-4-3-7-21-14)9-18-15(20)10-5-6-12(17)11(16)8-10/h3-8,13H,9H2,1-2H3,(H,18,20). The summed E-state index contributed by atoms with van der Waals surface area (Å²) in [6.45, 7) is 0.458. The maximum atomic E-state index is 12.2. The molecule has 1 amide bonds. The van der Waals surface area contributed by atoms with Gasteiger partial charge in [0.15, 0.2) is 0 Å². The number of nitrogens with zero attached hydrogens (tertiary/aromatic N) is 1. The highest BCUT2D eigenvalue weighted by atomic mass is 79.9. The lowest BCUT2D eigenvalue weighted by Crippen LogP contribution is -2.34. The summed E-state index contributed by atoms with van der Waals surface area (Å²) < 4.78 is 6.11. The molecule has 0 bridgehead atoms. The molecule has 1 aromatic carbocycles. The van der Waals surface area contributed by atoms with Gasteiger partial charge in [-0.1, -0.05) is 11.6 Å². The Balaban J connectivity index is 2.03. The van der Waals surface area contributed by atoms with Crippen molar-refractivity contribution in [3.05, 3.63) is 57.4 Å². The summed E-state index contributed by atoms with van der Waals surface area (Å²) in [4.78, 5) is 14.2. The van der Waals surface area contributed by atoms with Crippen LogP contribution in [0.5, 0.6) is 0 Å². The molecule has 0 radical (unpaired) electrons. The zero-order valence-electron chi connectivity index (χ0n) is 11.8. The molecule has 0 saturated carbocycles. The highest BCUT2D eigenvalue weighted by Gasteiger charge is 2.18. The second kappa shape index (κ2) is 7.11. The molecule has 0 saturated heterocycles. The van der Waals surface area contributed by atoms with Crippen molar-refractivity contribution in [3.63, 3.8) is 0 Å². The third kappa shape index (κ3) is 4.09. The van der Waals surface area contributed by atoms with Crippen molar-refractivity contribution >= 4 is 33.4 Å². The number of rotatable bonds is 5. The maximum absolute atomic E-state index is 12.2. The average molecular weight is 372 g/mol. The molecule has 1 unspecified atom stereocenters. The number of likely N-dealkylation sites (N-methyl/N-ethyl adjacent to an activating group) is 1. The number of furan rings is 1. The van der Waals surface area contributed by atoms with Crippen LogP contribution in [0.4, 0.5) is 0 Å². The van der Waals surface area contributed by atoms with Gasteiger partial charge < -0.3 is 9.73 Å². The average Bonchev–Trinajstić information content (AvgIpc) is 2.95. The minimum Gasteiger partial charge on any atom is -0.468 e. The second-order valence-corrected chi connectivity index (χ2v) is 6.10. The Morgan fingerprint density at radius 3 is 2.76 bits per heavy atom. The summed E-state index contributed by atoms with van der Waals surface area (Å²) in [5.74, 6) is 0.670. The first kappa shape index (κ1) is 16.1. The molecule has 21 heavy (non-hydrogen) atoms. The normalized spacial score (nSPS) is 12.4. The SMILES string of the molecule is CN(C)C(CNC(=O)c1ccc(Cl)c(Br)c1)c1ccco1. The van der Waals surface area contributed by atoms with E-state index in [2.05, 4.69) is 21.2 Å². The van der Waals surface area contributed by atoms with Crippen LogP contribution in [0, 0.1) is 0 Å². The van der Waals surface area contributed by atoms with Crippen LogP contribution in [0.2, 0.25) is 5.02 Å². The summed E-state index contributed by atoms with van der Waals surface area (Å²) in [7, 11) is 3.89. The van der Waals surface area contributed by atoms with E-state index in [1.54, 1.807) is 24.5 Å². The fourth-order valence-electron chi connectivity index (χ4n) is 1.95. The van der Waals surface area contributed by atoms with Gasteiger partial charge in [0.05, 0.1) is 17.3 Å². The predicted octanol–water partition coefficient (Wildman–Crippen LogP) is 3.73. The molecule has 1 heterocycles. The van der Waals surface area contributed by atoms with Gasteiger partial charge in [0.1, 0.15) is 5.76 Å². The van der Waals surface area contributed by atoms with Crippen LogP contribution in [-0.4, -0.2) is 31.4 Å². The zero-order chi connectivity index (χ0) is 15.4. The van der Waals surface area contributed by atoms with Crippen molar-refractivity contribution in [2.75, 3.05) is 20.6 Å². The number of carbonyl (C=O) groups is 1. The summed E-state index contributed by atoms with van der Waals surface area (Å²) in [5.41, 5.74) is 0.559. The fraction of sp³-hybridized carbons (Fsp3) is 0.267. The van der Waals surface area contributed by atoms with E-state index in [0.29, 0.717) is 21.6 Å². The summed E-state index contributed by atoms with van der Waals surface area (Å²) in [5, 5.41) is 3.49. The number of benzene rings is 1. The Hall–Kier alpha value is -1.30. The van der Waals surface area contributed by atoms with E-state index >= 15 is 0 Å². The van der Waals surface area contributed by atoms with Gasteiger partial charge in [-0.05, 0) is 60.4 Å². The van der Waals surface area contributed by atoms with E-state index in [1.807, 2.05) is 31.1 Å². The molecule has 112 valence electrons. The fourth-order valence-corrected chi connectivity index (χ4v) is 2.44. The number of carbonyl (C=O) groups excluding carboxylic acids is 1. The summed E-state index contributed by atoms with van der Waals surface area (Å²) in [6, 6.07) is 8.81. The van der Waals surface area contributed by atoms with Crippen LogP contribution in [0.25, 0.3) is 0 Å². The third-order valence-electron chi connectivity index (χ3n) is 3.13. The second-order valence-electron chi connectivity index (χ2n) is 4.83. The van der Waals surface area contributed by atoms with E-state index < -0.39 is 0 Å². The van der Waals surface area contributed by atoms with Crippen molar-refractivity contribution in [2.45, 2.75) is 6.04 Å². The molecule has 2 aromatic rings. The zero-order valence-corrected chi connectivity index (χ0v) is 14.1. The van der Waals surface area contributed by atoms with Crippen molar-refractivity contribution in [2.24, 2.45) is 0 Å². The van der Waals surface area contributed by atoms with Gasteiger partial charge >= 0.3 is 0 Å². The van der Waals surface area contributed by atoms with Gasteiger partial charge in [0.2, 0.25) is 0 Å². The van der Waals surface area contributed by atoms with Crippen LogP contribution in [0.15, 0.2) is 45.5 Å². The Labute approximate surface area is 137 Å². The highest BCUT2D eigenvalue weighted by molar-refractivity contribution is 9.10. The lowest BCUT2D eigenvalue weighted by molar-refractivity contribution is 0.0939. The number of amides is 1. The summed E-state index contributed by atoms with van der Waals surface area (Å²) >= 11 is 9.24. The van der Waals surface area contributed by atoms with Gasteiger partial charge in [0, 0.05) is 16.6 Å². The molecular weight excluding hydrogens is 356 g/mol. The molecule has 2 rings (SSSR count). The number of hydrogen-bond acceptors (Lipinski definition) is 3. The summed E-state index contributed by atoms with van der Waals surface area (Å²) in [6.07, 6.45) is 1.63. The van der Waals surface area contributed by atoms with Gasteiger partial charge in [0.25, 0.3) is 5.91 Å². The molecule has 0 aliphatic heterocycles. The molecule has 6 heteroatoms. The monoisotopic (exact) mass is 370 g/mol. The highest BCUT2D eigenvalue weighted by Crippen LogP contribution is 2.23. The van der Waals surface area contributed by atoms with E-state index in [-0.39, 0.29) is 11.9 Å². The van der Waals surface area contributed by atoms with E-state index in [0.717, 1.165) is 5.76 Å². The molecule has 4 nitrogen and oxygen atoms in total. The van der Waals surface area contributed by atoms with Gasteiger partial charge in [-0.25, -0.2) is 0 Å². The van der Waals surface area contributed by atoms with Crippen molar-refractivity contribution in [1.29, 1.82) is 0 Å². The Morgan fingerprint density at radius 1 is 1.43 bits per heavy atom. The molecule has 0 spiro atoms. The molecule has 0 fully saturated rings. The number of halogens is 2. The minimum atomic E-state index is -0.147. The molecule has 0 aliphatic rings. The molecule has 0 aliphatic carbocycles. The Bertz CT molecular complexity index is 614. The molecule has 1 atom stereocenters.